The van der Waals surface area contributed by atoms with Crippen LogP contribution in [0.5, 0.6) is 5.75 Å². The summed E-state index contributed by atoms with van der Waals surface area (Å²) in [6.45, 7) is 8.00. The van der Waals surface area contributed by atoms with E-state index in [4.69, 9.17) is 4.74 Å². The maximum absolute atomic E-state index is 12.0. The second-order valence-electron chi connectivity index (χ2n) is 4.62. The molecular weight excluding hydrogens is 334 g/mol. The number of fused-ring (bicyclic) bond motifs is 1. The highest BCUT2D eigenvalue weighted by Crippen LogP contribution is 2.31. The van der Waals surface area contributed by atoms with Crippen LogP contribution in [0.25, 0.3) is 0 Å². The zero-order chi connectivity index (χ0) is 15.4. The summed E-state index contributed by atoms with van der Waals surface area (Å²) in [5, 5.41) is 0. The van der Waals surface area contributed by atoms with E-state index in [1.54, 1.807) is 17.2 Å². The first-order valence-electron chi connectivity index (χ1n) is 6.45. The summed E-state index contributed by atoms with van der Waals surface area (Å²) in [6, 6.07) is 3.82. The van der Waals surface area contributed by atoms with Gasteiger partial charge in [-0.25, -0.2) is 14.8 Å². The van der Waals surface area contributed by atoms with E-state index in [0.29, 0.717) is 18.1 Å². The molecule has 1 aliphatic heterocycles. The van der Waals surface area contributed by atoms with Crippen molar-refractivity contribution in [1.29, 1.82) is 0 Å². The van der Waals surface area contributed by atoms with Crippen molar-refractivity contribution in [3.05, 3.63) is 40.0 Å². The number of allylic oxidation sites excluding steroid dienone is 1. The predicted octanol–water partition coefficient (Wildman–Crippen LogP) is 3.70. The first kappa shape index (κ1) is 15.4. The van der Waals surface area contributed by atoms with Gasteiger partial charge in [-0.3, -0.25) is 4.90 Å². The van der Waals surface area contributed by atoms with Gasteiger partial charge in [0.25, 0.3) is 0 Å². The quantitative estimate of drug-likeness (QED) is 0.617. The highest BCUT2D eigenvalue weighted by Gasteiger charge is 2.26. The van der Waals surface area contributed by atoms with Crippen LogP contribution in [0.2, 0.25) is 0 Å². The van der Waals surface area contributed by atoms with Crippen LogP contribution in [0.3, 0.4) is 0 Å². The van der Waals surface area contributed by atoms with Gasteiger partial charge in [0.05, 0.1) is 13.1 Å². The van der Waals surface area contributed by atoms with Gasteiger partial charge in [0.2, 0.25) is 0 Å². The lowest BCUT2D eigenvalue weighted by Crippen LogP contribution is -2.40. The van der Waals surface area contributed by atoms with Crippen molar-refractivity contribution in [1.82, 2.24) is 4.90 Å². The minimum absolute atomic E-state index is 0.262. The Hall–Kier alpha value is -1.95. The third-order valence-corrected chi connectivity index (χ3v) is 3.90. The molecule has 0 unspecified atom stereocenters. The van der Waals surface area contributed by atoms with Crippen LogP contribution in [0.4, 0.5) is 4.79 Å². The van der Waals surface area contributed by atoms with Crippen molar-refractivity contribution in [3.63, 3.8) is 0 Å². The Labute approximate surface area is 132 Å². The number of benzene rings is 1. The van der Waals surface area contributed by atoms with Crippen molar-refractivity contribution in [3.8, 4) is 5.75 Å². The van der Waals surface area contributed by atoms with Gasteiger partial charge in [0, 0.05) is 16.2 Å². The zero-order valence-corrected chi connectivity index (χ0v) is 13.6. The van der Waals surface area contributed by atoms with Crippen molar-refractivity contribution in [2.75, 3.05) is 6.54 Å². The number of carbonyl (C=O) groups is 1. The van der Waals surface area contributed by atoms with Crippen molar-refractivity contribution in [2.45, 2.75) is 20.4 Å². The maximum atomic E-state index is 12.0. The standard InChI is InChI=1S/C15H16BrN3O2/c1-4-5-18-14(17-3)9-19-8-11-7-12(16)10(2)6-13(11)21-15(19)20/h4-7H,3,8-9H2,1-2H3/b5-4-,18-14?. The van der Waals surface area contributed by atoms with Crippen molar-refractivity contribution >= 4 is 34.6 Å². The van der Waals surface area contributed by atoms with E-state index in [-0.39, 0.29) is 6.54 Å². The van der Waals surface area contributed by atoms with E-state index in [2.05, 4.69) is 32.6 Å². The SMILES string of the molecule is C=NC(CN1Cc2cc(Br)c(C)cc2OC1=O)=N/C=C\C. The third-order valence-electron chi connectivity index (χ3n) is 3.05. The number of halogens is 1. The topological polar surface area (TPSA) is 54.3 Å². The maximum Gasteiger partial charge on any atom is 0.415 e. The molecule has 0 atom stereocenters. The molecular formula is C15H16BrN3O2. The van der Waals surface area contributed by atoms with E-state index in [1.165, 1.54) is 0 Å². The number of aryl methyl sites for hydroxylation is 1. The Bertz CT molecular complexity index is 638. The van der Waals surface area contributed by atoms with Gasteiger partial charge in [-0.05, 0) is 38.3 Å². The number of rotatable bonds is 3. The second kappa shape index (κ2) is 6.67. The lowest BCUT2D eigenvalue weighted by Gasteiger charge is -2.28. The monoisotopic (exact) mass is 349 g/mol. The Morgan fingerprint density at radius 3 is 3.00 bits per heavy atom. The Morgan fingerprint density at radius 2 is 2.33 bits per heavy atom. The van der Waals surface area contributed by atoms with Crippen LogP contribution in [0.15, 0.2) is 38.9 Å². The van der Waals surface area contributed by atoms with Gasteiger partial charge in [-0.2, -0.15) is 0 Å². The summed E-state index contributed by atoms with van der Waals surface area (Å²) in [5.41, 5.74) is 1.97. The zero-order valence-electron chi connectivity index (χ0n) is 12.0. The van der Waals surface area contributed by atoms with Crippen LogP contribution in [0, 0.1) is 6.92 Å². The molecule has 1 aliphatic rings. The van der Waals surface area contributed by atoms with E-state index in [9.17, 15) is 4.79 Å². The number of hydrogen-bond acceptors (Lipinski definition) is 3. The number of hydrogen-bond donors (Lipinski definition) is 0. The molecule has 0 saturated carbocycles. The first-order chi connectivity index (χ1) is 10.0. The Kier molecular flexibility index (Phi) is 4.90. The van der Waals surface area contributed by atoms with Gasteiger partial charge < -0.3 is 4.74 Å². The molecule has 0 saturated heterocycles. The molecule has 5 nitrogen and oxygen atoms in total. The molecule has 0 aliphatic carbocycles. The van der Waals surface area contributed by atoms with Crippen molar-refractivity contribution < 1.29 is 9.53 Å². The molecule has 1 aromatic rings. The molecule has 0 fully saturated rings. The first-order valence-corrected chi connectivity index (χ1v) is 7.24. The fourth-order valence-corrected chi connectivity index (χ4v) is 2.32. The summed E-state index contributed by atoms with van der Waals surface area (Å²) in [6.07, 6.45) is 3.00. The van der Waals surface area contributed by atoms with E-state index in [1.807, 2.05) is 26.0 Å². The lowest BCUT2D eigenvalue weighted by molar-refractivity contribution is 0.146. The summed E-state index contributed by atoms with van der Waals surface area (Å²) in [4.78, 5) is 21.5. The van der Waals surface area contributed by atoms with Gasteiger partial charge in [-0.15, -0.1) is 0 Å². The fraction of sp³-hybridized carbons (Fsp3) is 0.267. The largest absolute Gasteiger partial charge is 0.415 e. The second-order valence-corrected chi connectivity index (χ2v) is 5.47. The molecule has 1 amide bonds. The third kappa shape index (κ3) is 3.58. The molecule has 0 N–H and O–H groups in total. The van der Waals surface area contributed by atoms with Crippen LogP contribution >= 0.6 is 15.9 Å². The summed E-state index contributed by atoms with van der Waals surface area (Å²) in [5.74, 6) is 1.08. The minimum Gasteiger partial charge on any atom is -0.410 e. The predicted molar refractivity (Wildman–Crippen MR) is 87.1 cm³/mol. The molecule has 0 aromatic heterocycles. The van der Waals surface area contributed by atoms with Gasteiger partial charge in [0.15, 0.2) is 0 Å². The molecule has 21 heavy (non-hydrogen) atoms. The molecule has 1 heterocycles. The molecule has 2 rings (SSSR count). The number of amides is 1. The van der Waals surface area contributed by atoms with E-state index >= 15 is 0 Å². The van der Waals surface area contributed by atoms with Crippen LogP contribution in [0.1, 0.15) is 18.1 Å². The summed E-state index contributed by atoms with van der Waals surface area (Å²) < 4.78 is 6.35. The highest BCUT2D eigenvalue weighted by molar-refractivity contribution is 9.10. The molecule has 6 heteroatoms. The Balaban J connectivity index is 2.22. The lowest BCUT2D eigenvalue weighted by atomic mass is 10.1. The molecule has 0 radical (unpaired) electrons. The molecule has 0 bridgehead atoms. The van der Waals surface area contributed by atoms with Crippen molar-refractivity contribution in [2.24, 2.45) is 9.98 Å². The minimum atomic E-state index is -0.402. The number of carbonyl (C=O) groups excluding carboxylic acids is 1. The number of aliphatic imine (C=N–C) groups is 2. The van der Waals surface area contributed by atoms with Crippen LogP contribution < -0.4 is 4.74 Å². The smallest absolute Gasteiger partial charge is 0.410 e. The van der Waals surface area contributed by atoms with Gasteiger partial charge >= 0.3 is 6.09 Å². The number of nitrogens with zero attached hydrogens (tertiary/aromatic N) is 3. The number of ether oxygens (including phenoxy) is 1. The average Bonchev–Trinajstić information content (AvgIpc) is 2.46. The summed E-state index contributed by atoms with van der Waals surface area (Å²) >= 11 is 3.49. The Morgan fingerprint density at radius 1 is 1.57 bits per heavy atom. The van der Waals surface area contributed by atoms with Crippen LogP contribution in [-0.2, 0) is 6.54 Å². The molecule has 1 aromatic carbocycles. The molecule has 0 spiro atoms. The average molecular weight is 350 g/mol. The van der Waals surface area contributed by atoms with Gasteiger partial charge in [0.1, 0.15) is 11.6 Å². The molecule has 110 valence electrons. The fourth-order valence-electron chi connectivity index (χ4n) is 1.93. The van der Waals surface area contributed by atoms with E-state index in [0.717, 1.165) is 15.6 Å². The van der Waals surface area contributed by atoms with Crippen LogP contribution in [-0.4, -0.2) is 30.1 Å². The van der Waals surface area contributed by atoms with E-state index < -0.39 is 6.09 Å². The van der Waals surface area contributed by atoms with Gasteiger partial charge in [-0.1, -0.05) is 22.0 Å². The normalized spacial score (nSPS) is 15.1. The summed E-state index contributed by atoms with van der Waals surface area (Å²) in [7, 11) is 0. The highest BCUT2D eigenvalue weighted by atomic mass is 79.9. The number of amidine groups is 1.